The summed E-state index contributed by atoms with van der Waals surface area (Å²) in [5, 5.41) is 0. The smallest absolute Gasteiger partial charge is 0.211 e. The Morgan fingerprint density at radius 3 is 2.89 bits per heavy atom. The summed E-state index contributed by atoms with van der Waals surface area (Å²) in [5.41, 5.74) is 0. The highest BCUT2D eigenvalue weighted by molar-refractivity contribution is 9.10. The fourth-order valence-corrected chi connectivity index (χ4v) is 4.15. The summed E-state index contributed by atoms with van der Waals surface area (Å²) in [6.45, 7) is 0.380. The number of halogens is 1. The quantitative estimate of drug-likeness (QED) is 0.627. The van der Waals surface area contributed by atoms with E-state index in [4.69, 9.17) is 0 Å². The topological polar surface area (TPSA) is 66.8 Å². The largest absolute Gasteiger partial charge is 0.244 e. The van der Waals surface area contributed by atoms with Crippen molar-refractivity contribution < 1.29 is 13.2 Å². The van der Waals surface area contributed by atoms with Crippen LogP contribution in [-0.4, -0.2) is 31.5 Å². The van der Waals surface area contributed by atoms with E-state index in [1.54, 1.807) is 12.1 Å². The molecule has 0 radical (unpaired) electrons. The maximum absolute atomic E-state index is 12.4. The highest BCUT2D eigenvalue weighted by atomic mass is 79.9. The predicted molar refractivity (Wildman–Crippen MR) is 69.2 cm³/mol. The van der Waals surface area contributed by atoms with Gasteiger partial charge < -0.3 is 0 Å². The monoisotopic (exact) mass is 330 g/mol. The van der Waals surface area contributed by atoms with Crippen LogP contribution in [0.5, 0.6) is 0 Å². The van der Waals surface area contributed by atoms with Crippen molar-refractivity contribution in [1.82, 2.24) is 4.31 Å². The Bertz CT molecular complexity index is 596. The van der Waals surface area contributed by atoms with E-state index >= 15 is 0 Å². The van der Waals surface area contributed by atoms with Crippen molar-refractivity contribution in [3.63, 3.8) is 0 Å². The van der Waals surface area contributed by atoms with Crippen LogP contribution in [0.4, 0.5) is 0 Å². The molecule has 0 aromatic heterocycles. The molecule has 96 valence electrons. The third-order valence-corrected chi connectivity index (χ3v) is 5.16. The van der Waals surface area contributed by atoms with Crippen LogP contribution in [0, 0.1) is 0 Å². The zero-order valence-corrected chi connectivity index (χ0v) is 11.8. The first-order valence-corrected chi connectivity index (χ1v) is 7.63. The Balaban J connectivity index is 2.39. The molecule has 1 saturated heterocycles. The van der Waals surface area contributed by atoms with Gasteiger partial charge in [-0.3, -0.25) is 0 Å². The number of sulfonamides is 1. The van der Waals surface area contributed by atoms with Gasteiger partial charge in [0, 0.05) is 11.0 Å². The summed E-state index contributed by atoms with van der Waals surface area (Å²) in [4.78, 5) is 14.1. The van der Waals surface area contributed by atoms with E-state index in [9.17, 15) is 13.2 Å². The van der Waals surface area contributed by atoms with Crippen molar-refractivity contribution in [3.8, 4) is 0 Å². The fourth-order valence-electron chi connectivity index (χ4n) is 1.96. The summed E-state index contributed by atoms with van der Waals surface area (Å²) < 4.78 is 26.7. The molecule has 18 heavy (non-hydrogen) atoms. The minimum Gasteiger partial charge on any atom is -0.211 e. The normalized spacial score (nSPS) is 20.6. The summed E-state index contributed by atoms with van der Waals surface area (Å²) in [6.07, 6.45) is 2.07. The Kier molecular flexibility index (Phi) is 3.97. The van der Waals surface area contributed by atoms with Gasteiger partial charge in [-0.05, 0) is 31.0 Å². The second-order valence-corrected chi connectivity index (χ2v) is 6.72. The third-order valence-electron chi connectivity index (χ3n) is 2.78. The lowest BCUT2D eigenvalue weighted by atomic mass is 10.3. The molecule has 1 aliphatic heterocycles. The molecule has 1 unspecified atom stereocenters. The van der Waals surface area contributed by atoms with E-state index in [1.165, 1.54) is 22.5 Å². The van der Waals surface area contributed by atoms with Crippen LogP contribution in [-0.2, 0) is 14.8 Å². The molecule has 1 fully saturated rings. The van der Waals surface area contributed by atoms with Gasteiger partial charge >= 0.3 is 0 Å². The number of hydrogen-bond donors (Lipinski definition) is 0. The van der Waals surface area contributed by atoms with Crippen LogP contribution in [0.3, 0.4) is 0 Å². The average molecular weight is 331 g/mol. The summed E-state index contributed by atoms with van der Waals surface area (Å²) in [5.74, 6) is 0. The molecule has 1 aliphatic rings. The van der Waals surface area contributed by atoms with Crippen molar-refractivity contribution in [1.29, 1.82) is 0 Å². The van der Waals surface area contributed by atoms with E-state index in [1.807, 2.05) is 0 Å². The molecule has 1 aromatic carbocycles. The van der Waals surface area contributed by atoms with E-state index < -0.39 is 16.2 Å². The number of aliphatic imine (C=N–C) groups is 1. The first-order chi connectivity index (χ1) is 8.55. The van der Waals surface area contributed by atoms with Crippen LogP contribution in [0.2, 0.25) is 0 Å². The number of isocyanates is 1. The molecule has 0 spiro atoms. The summed E-state index contributed by atoms with van der Waals surface area (Å²) in [6, 6.07) is 6.48. The molecule has 0 bridgehead atoms. The maximum atomic E-state index is 12.4. The molecule has 0 saturated carbocycles. The molecule has 1 aromatic rings. The lowest BCUT2D eigenvalue weighted by Gasteiger charge is -2.19. The van der Waals surface area contributed by atoms with Gasteiger partial charge in [-0.1, -0.05) is 22.0 Å². The van der Waals surface area contributed by atoms with Crippen LogP contribution < -0.4 is 0 Å². The van der Waals surface area contributed by atoms with Gasteiger partial charge in [0.15, 0.2) is 0 Å². The third kappa shape index (κ3) is 2.54. The van der Waals surface area contributed by atoms with Crippen LogP contribution >= 0.6 is 15.9 Å². The van der Waals surface area contributed by atoms with Crippen LogP contribution in [0.25, 0.3) is 0 Å². The SMILES string of the molecule is O=C=NC1CCCN1S(=O)(=O)c1cccc(Br)c1. The van der Waals surface area contributed by atoms with E-state index in [0.717, 1.165) is 0 Å². The Morgan fingerprint density at radius 2 is 2.22 bits per heavy atom. The molecule has 1 heterocycles. The number of rotatable bonds is 3. The van der Waals surface area contributed by atoms with Gasteiger partial charge in [0.2, 0.25) is 16.1 Å². The second kappa shape index (κ2) is 5.32. The number of benzene rings is 1. The molecular formula is C11H11BrN2O3S. The van der Waals surface area contributed by atoms with E-state index in [-0.39, 0.29) is 4.90 Å². The minimum absolute atomic E-state index is 0.199. The lowest BCUT2D eigenvalue weighted by molar-refractivity contribution is 0.395. The molecule has 1 atom stereocenters. The highest BCUT2D eigenvalue weighted by Gasteiger charge is 2.35. The van der Waals surface area contributed by atoms with Gasteiger partial charge in [0.25, 0.3) is 0 Å². The highest BCUT2D eigenvalue weighted by Crippen LogP contribution is 2.27. The number of nitrogens with zero attached hydrogens (tertiary/aromatic N) is 2. The first-order valence-electron chi connectivity index (χ1n) is 5.40. The first kappa shape index (κ1) is 13.4. The van der Waals surface area contributed by atoms with Crippen LogP contribution in [0.15, 0.2) is 38.6 Å². The van der Waals surface area contributed by atoms with Crippen molar-refractivity contribution >= 4 is 32.0 Å². The molecule has 0 amide bonds. The number of hydrogen-bond acceptors (Lipinski definition) is 4. The van der Waals surface area contributed by atoms with E-state index in [2.05, 4.69) is 20.9 Å². The molecule has 5 nitrogen and oxygen atoms in total. The minimum atomic E-state index is -3.60. The summed E-state index contributed by atoms with van der Waals surface area (Å²) >= 11 is 3.24. The second-order valence-electron chi connectivity index (χ2n) is 3.92. The maximum Gasteiger partial charge on any atom is 0.244 e. The van der Waals surface area contributed by atoms with Gasteiger partial charge in [0.1, 0.15) is 6.17 Å². The van der Waals surface area contributed by atoms with E-state index in [0.29, 0.717) is 23.9 Å². The van der Waals surface area contributed by atoms with Crippen molar-refractivity contribution in [3.05, 3.63) is 28.7 Å². The Hall–Kier alpha value is -1.01. The van der Waals surface area contributed by atoms with Gasteiger partial charge in [-0.25, -0.2) is 13.2 Å². The zero-order valence-electron chi connectivity index (χ0n) is 9.41. The van der Waals surface area contributed by atoms with Gasteiger partial charge in [-0.2, -0.15) is 9.30 Å². The molecule has 0 N–H and O–H groups in total. The molecule has 0 aliphatic carbocycles. The van der Waals surface area contributed by atoms with Crippen molar-refractivity contribution in [2.24, 2.45) is 4.99 Å². The van der Waals surface area contributed by atoms with Gasteiger partial charge in [-0.15, -0.1) is 0 Å². The Morgan fingerprint density at radius 1 is 1.44 bits per heavy atom. The lowest BCUT2D eigenvalue weighted by Crippen LogP contribution is -2.34. The fraction of sp³-hybridized carbons (Fsp3) is 0.364. The van der Waals surface area contributed by atoms with Crippen molar-refractivity contribution in [2.45, 2.75) is 23.9 Å². The zero-order chi connectivity index (χ0) is 13.2. The van der Waals surface area contributed by atoms with Crippen LogP contribution in [0.1, 0.15) is 12.8 Å². The summed E-state index contributed by atoms with van der Waals surface area (Å²) in [7, 11) is -3.60. The standard InChI is InChI=1S/C11H11BrN2O3S/c12-9-3-1-4-10(7-9)18(16,17)14-6-2-5-11(14)13-8-15/h1,3-4,7,11H,2,5-6H2. The average Bonchev–Trinajstić information content (AvgIpc) is 2.78. The molecular weight excluding hydrogens is 320 g/mol. The Labute approximate surface area is 114 Å². The molecule has 2 rings (SSSR count). The molecule has 7 heteroatoms. The predicted octanol–water partition coefficient (Wildman–Crippen LogP) is 1.90. The van der Waals surface area contributed by atoms with Gasteiger partial charge in [0.05, 0.1) is 4.90 Å². The number of carbonyl (C=O) groups excluding carboxylic acids is 1. The van der Waals surface area contributed by atoms with Crippen molar-refractivity contribution in [2.75, 3.05) is 6.54 Å².